The summed E-state index contributed by atoms with van der Waals surface area (Å²) >= 11 is 6.57. The zero-order valence-electron chi connectivity index (χ0n) is 44.5. The third-order valence-corrected chi connectivity index (χ3v) is 15.1. The van der Waals surface area contributed by atoms with Crippen LogP contribution >= 0.6 is 11.6 Å². The van der Waals surface area contributed by atoms with Crippen molar-refractivity contribution in [3.8, 4) is 5.75 Å². The first-order valence-electron chi connectivity index (χ1n) is 26.5. The van der Waals surface area contributed by atoms with Crippen molar-refractivity contribution < 1.29 is 47.9 Å². The maximum absolute atomic E-state index is 14.4. The number of ketones is 5. The predicted octanol–water partition coefficient (Wildman–Crippen LogP) is 7.96. The van der Waals surface area contributed by atoms with Crippen molar-refractivity contribution in [3.05, 3.63) is 119 Å². The summed E-state index contributed by atoms with van der Waals surface area (Å²) in [4.78, 5) is 128. The molecule has 0 unspecified atom stereocenters. The maximum Gasteiger partial charge on any atom is 0.415 e. The smallest absolute Gasteiger partial charge is 0.409 e. The van der Waals surface area contributed by atoms with E-state index in [0.717, 1.165) is 52.5 Å². The third kappa shape index (κ3) is 13.3. The van der Waals surface area contributed by atoms with Crippen LogP contribution in [0.4, 0.5) is 10.5 Å². The summed E-state index contributed by atoms with van der Waals surface area (Å²) in [7, 11) is 2.02. The molecule has 4 atom stereocenters. The second-order valence-corrected chi connectivity index (χ2v) is 22.0. The Morgan fingerprint density at radius 2 is 1.38 bits per heavy atom. The SMILES string of the molecule is CC(C)C[C@H](NC(=O)CC1C(=O)C=CC1=O)C(=O)C[C@@H](C)C(=O)N[C@@H](CC(C)C)C(=O)Cc1ccc(C(=O)Cc2ccc3[nH]c(C(=O)N4C[C@@H](CCl)c5c4cc(OC(=O)N4CCN(C)CC4)c4ccccc54)cc3c2)cc1. The van der Waals surface area contributed by atoms with Crippen LogP contribution in [0, 0.1) is 23.7 Å². The van der Waals surface area contributed by atoms with Gasteiger partial charge in [0.05, 0.1) is 23.7 Å². The van der Waals surface area contributed by atoms with E-state index in [0.29, 0.717) is 66.3 Å². The number of hydrogen-bond donors (Lipinski definition) is 3. The molecule has 2 aliphatic heterocycles. The number of amides is 4. The van der Waals surface area contributed by atoms with Crippen LogP contribution < -0.4 is 20.3 Å². The Labute approximate surface area is 453 Å². The van der Waals surface area contributed by atoms with Gasteiger partial charge in [0.1, 0.15) is 11.4 Å². The number of hydrogen-bond acceptors (Lipinski definition) is 11. The molecule has 3 heterocycles. The van der Waals surface area contributed by atoms with Gasteiger partial charge in [-0.2, -0.15) is 0 Å². The second-order valence-electron chi connectivity index (χ2n) is 21.7. The summed E-state index contributed by atoms with van der Waals surface area (Å²) in [5.74, 6) is -4.39. The van der Waals surface area contributed by atoms with Crippen molar-refractivity contribution in [2.45, 2.75) is 91.1 Å². The number of aromatic amines is 1. The minimum absolute atomic E-state index is 0.00760. The van der Waals surface area contributed by atoms with Crippen molar-refractivity contribution in [1.29, 1.82) is 0 Å². The molecule has 16 nitrogen and oxygen atoms in total. The number of carbonyl (C=O) groups is 9. The lowest BCUT2D eigenvalue weighted by Crippen LogP contribution is -2.48. The Bertz CT molecular complexity index is 3140. The number of likely N-dealkylation sites (N-methyl/N-ethyl adjacent to an activating group) is 1. The van der Waals surface area contributed by atoms with Crippen molar-refractivity contribution >= 4 is 91.7 Å². The van der Waals surface area contributed by atoms with Crippen LogP contribution in [-0.2, 0) is 41.6 Å². The van der Waals surface area contributed by atoms with Crippen LogP contribution in [0.5, 0.6) is 5.75 Å². The van der Waals surface area contributed by atoms with Gasteiger partial charge in [0.25, 0.3) is 5.91 Å². The Morgan fingerprint density at radius 1 is 0.740 bits per heavy atom. The molecule has 5 aromatic rings. The number of nitrogens with zero attached hydrogens (tertiary/aromatic N) is 3. The van der Waals surface area contributed by atoms with E-state index in [-0.39, 0.29) is 72.6 Å². The lowest BCUT2D eigenvalue weighted by molar-refractivity contribution is -0.134. The van der Waals surface area contributed by atoms with E-state index in [1.807, 2.05) is 77.2 Å². The highest BCUT2D eigenvalue weighted by atomic mass is 35.5. The largest absolute Gasteiger partial charge is 0.415 e. The third-order valence-electron chi connectivity index (χ3n) is 14.7. The highest BCUT2D eigenvalue weighted by Crippen LogP contribution is 2.46. The number of Topliss-reactive ketones (excluding diaryl/α,β-unsaturated/α-hetero) is 3. The van der Waals surface area contributed by atoms with Crippen LogP contribution in [0.15, 0.2) is 91.0 Å². The van der Waals surface area contributed by atoms with Gasteiger partial charge in [-0.3, -0.25) is 38.4 Å². The average molecular weight is 1070 g/mol. The summed E-state index contributed by atoms with van der Waals surface area (Å²) in [5.41, 5.74) is 4.46. The Morgan fingerprint density at radius 3 is 2.03 bits per heavy atom. The summed E-state index contributed by atoms with van der Waals surface area (Å²) in [6, 6.07) is 21.8. The molecule has 3 N–H and O–H groups in total. The molecule has 0 spiro atoms. The summed E-state index contributed by atoms with van der Waals surface area (Å²) < 4.78 is 6.06. The maximum atomic E-state index is 14.4. The Balaban J connectivity index is 0.882. The number of aromatic nitrogens is 1. The van der Waals surface area contributed by atoms with Crippen molar-refractivity contribution in [2.75, 3.05) is 50.6 Å². The zero-order chi connectivity index (χ0) is 55.2. The first-order chi connectivity index (χ1) is 36.8. The number of nitrogens with one attached hydrogen (secondary N) is 3. The van der Waals surface area contributed by atoms with Gasteiger partial charge in [0, 0.05) is 104 Å². The highest BCUT2D eigenvalue weighted by molar-refractivity contribution is 6.20. The number of piperazine rings is 1. The molecule has 1 fully saturated rings. The number of rotatable bonds is 21. The molecule has 0 saturated carbocycles. The predicted molar refractivity (Wildman–Crippen MR) is 294 cm³/mol. The van der Waals surface area contributed by atoms with Crippen LogP contribution in [0.1, 0.15) is 104 Å². The lowest BCUT2D eigenvalue weighted by Gasteiger charge is -2.31. The molecule has 1 saturated heterocycles. The van der Waals surface area contributed by atoms with Crippen molar-refractivity contribution in [3.63, 3.8) is 0 Å². The van der Waals surface area contributed by atoms with E-state index in [2.05, 4.69) is 20.5 Å². The molecule has 77 heavy (non-hydrogen) atoms. The van der Waals surface area contributed by atoms with Crippen LogP contribution in [0.3, 0.4) is 0 Å². The molecular weight excluding hydrogens is 1000 g/mol. The first-order valence-corrected chi connectivity index (χ1v) is 27.0. The normalized spacial score (nSPS) is 17.0. The Hall–Kier alpha value is -7.30. The zero-order valence-corrected chi connectivity index (χ0v) is 45.2. The van der Waals surface area contributed by atoms with Crippen LogP contribution in [0.25, 0.3) is 21.7 Å². The van der Waals surface area contributed by atoms with Gasteiger partial charge in [0.15, 0.2) is 28.9 Å². The number of allylic oxidation sites excluding steroid dienone is 2. The molecular formula is C60H67ClN6O10. The van der Waals surface area contributed by atoms with Gasteiger partial charge in [-0.15, -0.1) is 11.6 Å². The van der Waals surface area contributed by atoms with Gasteiger partial charge in [-0.1, -0.05) is 89.2 Å². The number of alkyl halides is 1. The van der Waals surface area contributed by atoms with Gasteiger partial charge in [0.2, 0.25) is 11.8 Å². The lowest BCUT2D eigenvalue weighted by atomic mass is 9.92. The van der Waals surface area contributed by atoms with E-state index in [1.54, 1.807) is 53.1 Å². The molecule has 0 bridgehead atoms. The Kier molecular flexibility index (Phi) is 17.7. The molecule has 8 rings (SSSR count). The minimum atomic E-state index is -1.10. The van der Waals surface area contributed by atoms with Crippen molar-refractivity contribution in [2.24, 2.45) is 23.7 Å². The van der Waals surface area contributed by atoms with E-state index >= 15 is 0 Å². The van der Waals surface area contributed by atoms with Crippen LogP contribution in [0.2, 0.25) is 0 Å². The molecule has 4 amide bonds. The van der Waals surface area contributed by atoms with E-state index in [1.165, 1.54) is 0 Å². The first kappa shape index (κ1) is 55.9. The van der Waals surface area contributed by atoms with Gasteiger partial charge in [-0.25, -0.2) is 4.79 Å². The van der Waals surface area contributed by atoms with E-state index in [4.69, 9.17) is 16.3 Å². The molecule has 404 valence electrons. The number of fused-ring (bicyclic) bond motifs is 4. The standard InChI is InChI=1S/C60H67ClN6O10/c1-34(2)23-46(63-56(73)30-44-50(68)17-18-51(44)69)53(71)25-36(5)58(74)64-47(24-35(3)4)54(72)27-37-11-14-39(15-12-37)52(70)28-38-13-16-45-40(26-38)29-48(62-45)59(75)67-33-41(32-61)57-43-10-8-7-9-42(43)55(31-49(57)67)77-60(76)66-21-19-65(6)20-22-66/h7-18,26,29,31,34-36,41,44,46-47,62H,19-25,27-28,30,32-33H2,1-6H3,(H,63,73)(H,64,74)/t36-,41-,46+,47+/m1/s1. The minimum Gasteiger partial charge on any atom is -0.409 e. The number of benzene rings is 4. The van der Waals surface area contributed by atoms with Gasteiger partial charge >= 0.3 is 6.09 Å². The molecule has 1 aliphatic carbocycles. The topological polar surface area (TPSA) is 212 Å². The molecule has 0 radical (unpaired) electrons. The number of anilines is 1. The fourth-order valence-corrected chi connectivity index (χ4v) is 10.7. The molecule has 4 aromatic carbocycles. The van der Waals surface area contributed by atoms with Gasteiger partial charge < -0.3 is 35.1 Å². The second kappa shape index (κ2) is 24.4. The fraction of sp³-hybridized carbons (Fsp3) is 0.417. The summed E-state index contributed by atoms with van der Waals surface area (Å²) in [6.45, 7) is 12.2. The molecule has 1 aromatic heterocycles. The average Bonchev–Trinajstić information content (AvgIpc) is 4.14. The van der Waals surface area contributed by atoms with Gasteiger partial charge in [-0.05, 0) is 84.2 Å². The highest BCUT2D eigenvalue weighted by Gasteiger charge is 2.37. The van der Waals surface area contributed by atoms with E-state index < -0.39 is 53.4 Å². The van der Waals surface area contributed by atoms with E-state index in [9.17, 15) is 43.2 Å². The molecule has 17 heteroatoms. The van der Waals surface area contributed by atoms with Crippen LogP contribution in [-0.4, -0.2) is 125 Å². The molecule has 3 aliphatic rings. The quantitative estimate of drug-likeness (QED) is 0.0364. The summed E-state index contributed by atoms with van der Waals surface area (Å²) in [6.07, 6.45) is 2.01. The van der Waals surface area contributed by atoms with Crippen molar-refractivity contribution in [1.82, 2.24) is 25.4 Å². The number of carbonyl (C=O) groups excluding carboxylic acids is 9. The number of ether oxygens (including phenoxy) is 1. The number of halogens is 1. The fourth-order valence-electron chi connectivity index (χ4n) is 10.4. The monoisotopic (exact) mass is 1070 g/mol. The summed E-state index contributed by atoms with van der Waals surface area (Å²) in [5, 5.41) is 7.92. The number of H-pyrrole nitrogens is 1.